The van der Waals surface area contributed by atoms with E-state index in [9.17, 15) is 4.79 Å². The Morgan fingerprint density at radius 2 is 1.75 bits per heavy atom. The molecule has 0 bridgehead atoms. The van der Waals surface area contributed by atoms with E-state index in [2.05, 4.69) is 5.32 Å². The number of halogens is 2. The molecule has 3 rings (SSSR count). The van der Waals surface area contributed by atoms with E-state index in [1.165, 1.54) is 0 Å². The van der Waals surface area contributed by atoms with Crippen LogP contribution in [0.25, 0.3) is 0 Å². The molecule has 0 heterocycles. The minimum Gasteiger partial charge on any atom is -0.488 e. The minimum absolute atomic E-state index is 0.309. The van der Waals surface area contributed by atoms with Crippen LogP contribution in [0.2, 0.25) is 10.0 Å². The molecular weight excluding hydrogens is 397 g/mol. The number of hydrogen-bond donors (Lipinski definition) is 1. The molecule has 0 saturated heterocycles. The van der Waals surface area contributed by atoms with E-state index in [-0.39, 0.29) is 5.91 Å². The predicted molar refractivity (Wildman–Crippen MR) is 113 cm³/mol. The fourth-order valence-corrected chi connectivity index (χ4v) is 3.05. The van der Waals surface area contributed by atoms with E-state index in [1.54, 1.807) is 36.4 Å². The molecule has 1 N–H and O–H groups in total. The van der Waals surface area contributed by atoms with Gasteiger partial charge >= 0.3 is 0 Å². The van der Waals surface area contributed by atoms with Gasteiger partial charge in [0, 0.05) is 16.3 Å². The second-order valence-corrected chi connectivity index (χ2v) is 6.80. The zero-order chi connectivity index (χ0) is 19.9. The van der Waals surface area contributed by atoms with Crippen LogP contribution in [0.5, 0.6) is 11.5 Å². The van der Waals surface area contributed by atoms with Crippen molar-refractivity contribution in [1.29, 1.82) is 0 Å². The Kier molecular flexibility index (Phi) is 6.80. The lowest BCUT2D eigenvalue weighted by molar-refractivity contribution is 0.102. The standard InChI is InChI=1S/C22H19Cl2NO3/c1-2-27-21-19(24)11-16(22(26)25-18-10-6-9-17(23)13-18)12-20(21)28-14-15-7-4-3-5-8-15/h3-13H,2,14H2,1H3,(H,25,26). The first kappa shape index (κ1) is 20.1. The van der Waals surface area contributed by atoms with Crippen molar-refractivity contribution in [3.05, 3.63) is 87.9 Å². The van der Waals surface area contributed by atoms with Crippen LogP contribution in [0.1, 0.15) is 22.8 Å². The first-order valence-electron chi connectivity index (χ1n) is 8.77. The van der Waals surface area contributed by atoms with Crippen LogP contribution >= 0.6 is 23.2 Å². The summed E-state index contributed by atoms with van der Waals surface area (Å²) in [5, 5.41) is 3.65. The van der Waals surface area contributed by atoms with Gasteiger partial charge < -0.3 is 14.8 Å². The highest BCUT2D eigenvalue weighted by molar-refractivity contribution is 6.33. The molecule has 0 aliphatic heterocycles. The summed E-state index contributed by atoms with van der Waals surface area (Å²) in [6.07, 6.45) is 0. The molecule has 3 aromatic rings. The quantitative estimate of drug-likeness (QED) is 0.497. The Hall–Kier alpha value is -2.69. The Bertz CT molecular complexity index is 961. The summed E-state index contributed by atoms with van der Waals surface area (Å²) in [5.41, 5.74) is 1.95. The molecule has 0 radical (unpaired) electrons. The summed E-state index contributed by atoms with van der Waals surface area (Å²) in [4.78, 5) is 12.7. The van der Waals surface area contributed by atoms with E-state index in [1.807, 2.05) is 37.3 Å². The zero-order valence-electron chi connectivity index (χ0n) is 15.2. The number of carbonyl (C=O) groups excluding carboxylic acids is 1. The Labute approximate surface area is 174 Å². The average molecular weight is 416 g/mol. The molecule has 0 spiro atoms. The third kappa shape index (κ3) is 5.18. The number of rotatable bonds is 7. The van der Waals surface area contributed by atoms with Gasteiger partial charge in [-0.15, -0.1) is 0 Å². The molecule has 3 aromatic carbocycles. The van der Waals surface area contributed by atoms with Gasteiger partial charge in [-0.25, -0.2) is 0 Å². The molecule has 0 aliphatic carbocycles. The van der Waals surface area contributed by atoms with Crippen molar-refractivity contribution in [1.82, 2.24) is 0 Å². The topological polar surface area (TPSA) is 47.6 Å². The average Bonchev–Trinajstić information content (AvgIpc) is 2.69. The van der Waals surface area contributed by atoms with Gasteiger partial charge in [0.05, 0.1) is 11.6 Å². The van der Waals surface area contributed by atoms with Crippen molar-refractivity contribution in [3.63, 3.8) is 0 Å². The van der Waals surface area contributed by atoms with Crippen LogP contribution < -0.4 is 14.8 Å². The lowest BCUT2D eigenvalue weighted by atomic mass is 10.1. The molecule has 28 heavy (non-hydrogen) atoms. The zero-order valence-corrected chi connectivity index (χ0v) is 16.8. The highest BCUT2D eigenvalue weighted by atomic mass is 35.5. The van der Waals surface area contributed by atoms with E-state index in [0.717, 1.165) is 5.56 Å². The Morgan fingerprint density at radius 1 is 0.964 bits per heavy atom. The first-order valence-corrected chi connectivity index (χ1v) is 9.52. The number of amides is 1. The third-order valence-corrected chi connectivity index (χ3v) is 4.40. The van der Waals surface area contributed by atoms with E-state index >= 15 is 0 Å². The van der Waals surface area contributed by atoms with Crippen LogP contribution in [0.4, 0.5) is 5.69 Å². The number of carbonyl (C=O) groups is 1. The molecule has 0 fully saturated rings. The first-order chi connectivity index (χ1) is 13.6. The largest absolute Gasteiger partial charge is 0.488 e. The van der Waals surface area contributed by atoms with Gasteiger partial charge in [-0.3, -0.25) is 4.79 Å². The van der Waals surface area contributed by atoms with Crippen molar-refractivity contribution in [2.45, 2.75) is 13.5 Å². The predicted octanol–water partition coefficient (Wildman–Crippen LogP) is 6.22. The summed E-state index contributed by atoms with van der Waals surface area (Å²) in [7, 11) is 0. The maximum Gasteiger partial charge on any atom is 0.255 e. The smallest absolute Gasteiger partial charge is 0.255 e. The van der Waals surface area contributed by atoms with Gasteiger partial charge in [-0.2, -0.15) is 0 Å². The highest BCUT2D eigenvalue weighted by Gasteiger charge is 2.17. The number of anilines is 1. The van der Waals surface area contributed by atoms with Crippen LogP contribution in [-0.4, -0.2) is 12.5 Å². The molecule has 4 nitrogen and oxygen atoms in total. The maximum atomic E-state index is 12.7. The van der Waals surface area contributed by atoms with E-state index < -0.39 is 0 Å². The molecule has 0 unspecified atom stereocenters. The lowest BCUT2D eigenvalue weighted by Crippen LogP contribution is -2.12. The van der Waals surface area contributed by atoms with Gasteiger partial charge in [0.25, 0.3) is 5.91 Å². The van der Waals surface area contributed by atoms with Gasteiger partial charge in [-0.05, 0) is 42.8 Å². The van der Waals surface area contributed by atoms with Gasteiger partial charge in [0.2, 0.25) is 0 Å². The molecule has 1 amide bonds. The van der Waals surface area contributed by atoms with Crippen LogP contribution in [0.3, 0.4) is 0 Å². The van der Waals surface area contributed by atoms with Gasteiger partial charge in [0.15, 0.2) is 11.5 Å². The van der Waals surface area contributed by atoms with Crippen molar-refractivity contribution < 1.29 is 14.3 Å². The second kappa shape index (κ2) is 9.49. The molecule has 0 saturated carbocycles. The van der Waals surface area contributed by atoms with Crippen LogP contribution in [0, 0.1) is 0 Å². The van der Waals surface area contributed by atoms with E-state index in [4.69, 9.17) is 32.7 Å². The minimum atomic E-state index is -0.322. The number of hydrogen-bond acceptors (Lipinski definition) is 3. The molecule has 144 valence electrons. The summed E-state index contributed by atoms with van der Waals surface area (Å²) >= 11 is 12.3. The summed E-state index contributed by atoms with van der Waals surface area (Å²) in [6.45, 7) is 2.61. The Balaban J connectivity index is 1.85. The summed E-state index contributed by atoms with van der Waals surface area (Å²) < 4.78 is 11.5. The second-order valence-electron chi connectivity index (χ2n) is 5.96. The van der Waals surface area contributed by atoms with E-state index in [0.29, 0.717) is 46.0 Å². The highest BCUT2D eigenvalue weighted by Crippen LogP contribution is 2.37. The third-order valence-electron chi connectivity index (χ3n) is 3.88. The Morgan fingerprint density at radius 3 is 2.46 bits per heavy atom. The van der Waals surface area contributed by atoms with Crippen molar-refractivity contribution in [2.24, 2.45) is 0 Å². The number of ether oxygens (including phenoxy) is 2. The van der Waals surface area contributed by atoms with Crippen molar-refractivity contribution in [2.75, 3.05) is 11.9 Å². The fraction of sp³-hybridized carbons (Fsp3) is 0.136. The summed E-state index contributed by atoms with van der Waals surface area (Å²) in [6, 6.07) is 19.8. The van der Waals surface area contributed by atoms with Crippen molar-refractivity contribution in [3.8, 4) is 11.5 Å². The molecule has 0 atom stereocenters. The molecule has 6 heteroatoms. The van der Waals surface area contributed by atoms with Gasteiger partial charge in [-0.1, -0.05) is 59.6 Å². The number of benzene rings is 3. The molecule has 0 aromatic heterocycles. The maximum absolute atomic E-state index is 12.7. The molecular formula is C22H19Cl2NO3. The lowest BCUT2D eigenvalue weighted by Gasteiger charge is -2.15. The monoisotopic (exact) mass is 415 g/mol. The number of nitrogens with one attached hydrogen (secondary N) is 1. The SMILES string of the molecule is CCOc1c(Cl)cc(C(=O)Nc2cccc(Cl)c2)cc1OCc1ccccc1. The molecule has 0 aliphatic rings. The van der Waals surface area contributed by atoms with Crippen molar-refractivity contribution >= 4 is 34.8 Å². The van der Waals surface area contributed by atoms with Gasteiger partial charge in [0.1, 0.15) is 6.61 Å². The summed E-state index contributed by atoms with van der Waals surface area (Å²) in [5.74, 6) is 0.505. The van der Waals surface area contributed by atoms with Crippen LogP contribution in [-0.2, 0) is 6.61 Å². The normalized spacial score (nSPS) is 10.4. The van der Waals surface area contributed by atoms with Crippen LogP contribution in [0.15, 0.2) is 66.7 Å². The fourth-order valence-electron chi connectivity index (χ4n) is 2.60.